The summed E-state index contributed by atoms with van der Waals surface area (Å²) in [5, 5.41) is 24.8. The van der Waals surface area contributed by atoms with Crippen LogP contribution in [0.25, 0.3) is 254 Å². The molecule has 0 fully saturated rings. The summed E-state index contributed by atoms with van der Waals surface area (Å²) in [7, 11) is 0. The molecule has 0 bridgehead atoms. The molecule has 0 aliphatic heterocycles. The van der Waals surface area contributed by atoms with Crippen molar-refractivity contribution in [2.75, 3.05) is 0 Å². The van der Waals surface area contributed by atoms with Gasteiger partial charge in [-0.05, 0) is 195 Å². The first-order chi connectivity index (χ1) is 64.5. The highest BCUT2D eigenvalue weighted by atomic mass is 15.2. The van der Waals surface area contributed by atoms with Crippen LogP contribution in [0.2, 0.25) is 0 Å². The van der Waals surface area contributed by atoms with Gasteiger partial charge >= 0.3 is 0 Å². The van der Waals surface area contributed by atoms with Crippen LogP contribution < -0.4 is 0 Å². The standard InChI is InChI=1S/C64H40N4.C57H35N5/c1-3-16-42(17-4-1)57-40-58(43-18-5-2-6-19-43)66-64(65-57)68-60-28-14-12-25-54(60)63-47(26-15-29-62(63)68)45-33-37-61-56(39-45)53-24-11-13-27-59(53)67(61)46-34-30-41(31-35-46)44-32-36-52-50-22-8-7-20-48(50)49-21-9-10-23-51(49)55(52)38-44;1-3-16-36(17-4-1)55-58-56(37-18-5-2-6-19-37)60-57(59-55)62-50-27-13-11-24-46(50)49-34-38(30-33-52(49)62)40-26-15-29-53-54(40)47-25-12-14-28-51(47)61(53)39-31-32-45-43-22-8-7-20-41(43)42-21-9-10-23-44(42)48(45)35-39/h1-40H;1-35H. The number of hydrogen-bond donors (Lipinski definition) is 0. The molecular weight excluding hydrogens is 1580 g/mol. The van der Waals surface area contributed by atoms with Crippen LogP contribution in [0, 0.1) is 0 Å². The quantitative estimate of drug-likeness (QED) is 0.121. The Hall–Kier alpha value is -17.5. The number of fused-ring (bicyclic) bond motifs is 24. The van der Waals surface area contributed by atoms with Crippen molar-refractivity contribution >= 4 is 152 Å². The summed E-state index contributed by atoms with van der Waals surface area (Å²) < 4.78 is 9.28. The van der Waals surface area contributed by atoms with Crippen LogP contribution in [0.4, 0.5) is 0 Å². The lowest BCUT2D eigenvalue weighted by Gasteiger charge is -2.14. The summed E-state index contributed by atoms with van der Waals surface area (Å²) in [6, 6.07) is 163. The molecule has 0 unspecified atom stereocenters. The molecule has 0 amide bonds. The summed E-state index contributed by atoms with van der Waals surface area (Å²) in [6.45, 7) is 0. The first kappa shape index (κ1) is 73.9. The van der Waals surface area contributed by atoms with Crippen LogP contribution >= 0.6 is 0 Å². The highest BCUT2D eigenvalue weighted by molar-refractivity contribution is 6.28. The molecule has 0 saturated heterocycles. The molecule has 0 saturated carbocycles. The fourth-order valence-electron chi connectivity index (χ4n) is 20.7. The van der Waals surface area contributed by atoms with E-state index in [1.165, 1.54) is 136 Å². The second kappa shape index (κ2) is 30.1. The number of hydrogen-bond acceptors (Lipinski definition) is 5. The van der Waals surface area contributed by atoms with Gasteiger partial charge in [-0.3, -0.25) is 9.13 Å². The van der Waals surface area contributed by atoms with Gasteiger partial charge in [-0.2, -0.15) is 9.97 Å². The van der Waals surface area contributed by atoms with Crippen molar-refractivity contribution in [3.8, 4) is 102 Å². The Bertz CT molecular complexity index is 9110. The Kier molecular flexibility index (Phi) is 17.1. The first-order valence-electron chi connectivity index (χ1n) is 44.3. The smallest absolute Gasteiger partial charge is 0.238 e. The van der Waals surface area contributed by atoms with Gasteiger partial charge in [0.15, 0.2) is 11.6 Å². The second-order valence-electron chi connectivity index (χ2n) is 33.7. The predicted octanol–water partition coefficient (Wildman–Crippen LogP) is 31.3. The fourth-order valence-corrected chi connectivity index (χ4v) is 20.7. The molecule has 0 aliphatic carbocycles. The number of nitrogens with zero attached hydrogens (tertiary/aromatic N) is 9. The number of aromatic nitrogens is 9. The van der Waals surface area contributed by atoms with E-state index in [4.69, 9.17) is 24.9 Å². The average molecular weight is 1650 g/mol. The molecule has 9 nitrogen and oxygen atoms in total. The normalized spacial score (nSPS) is 11.8. The summed E-state index contributed by atoms with van der Waals surface area (Å²) in [6.07, 6.45) is 0. The van der Waals surface area contributed by atoms with E-state index >= 15 is 0 Å². The molecule has 0 spiro atoms. The largest absolute Gasteiger partial charge is 0.309 e. The SMILES string of the molecule is c1ccc(-c2cc(-c3ccccc3)nc(-n3c4ccccc4c4c(-c5ccc6c(c5)c5ccccc5n6-c5ccc(-c6ccc7c8ccccc8c8ccccc8c7c6)cc5)cccc43)n2)cc1.c1ccc(-c2nc(-c3ccccc3)nc(-n3c4ccccc4c4cc(-c5cccc6c5c5ccccc5n6-c5ccc6c7ccccc7c7ccccc7c6c5)ccc43)n2)cc1. The zero-order valence-corrected chi connectivity index (χ0v) is 70.3. The fraction of sp³-hybridized carbons (Fsp3) is 0. The van der Waals surface area contributed by atoms with Crippen LogP contribution in [-0.2, 0) is 0 Å². The molecule has 0 radical (unpaired) electrons. The average Bonchev–Trinajstić information content (AvgIpc) is 1.31. The number of para-hydroxylation sites is 4. The van der Waals surface area contributed by atoms with Gasteiger partial charge < -0.3 is 9.13 Å². The molecular formula is C121H75N9. The Balaban J connectivity index is 0.000000137. The van der Waals surface area contributed by atoms with E-state index in [-0.39, 0.29) is 0 Å². The van der Waals surface area contributed by atoms with Crippen LogP contribution in [-0.4, -0.2) is 43.2 Å². The molecule has 604 valence electrons. The van der Waals surface area contributed by atoms with Crippen LogP contribution in [0.5, 0.6) is 0 Å². The van der Waals surface area contributed by atoms with Gasteiger partial charge in [0, 0.05) is 76.7 Å². The van der Waals surface area contributed by atoms with Crippen molar-refractivity contribution in [3.05, 3.63) is 455 Å². The predicted molar refractivity (Wildman–Crippen MR) is 542 cm³/mol. The molecule has 0 atom stereocenters. The van der Waals surface area contributed by atoms with Gasteiger partial charge in [0.05, 0.1) is 55.5 Å². The summed E-state index contributed by atoms with van der Waals surface area (Å²) in [5.74, 6) is 2.49. The molecule has 9 heteroatoms. The zero-order valence-electron chi connectivity index (χ0n) is 70.3. The van der Waals surface area contributed by atoms with E-state index in [1.807, 2.05) is 72.8 Å². The van der Waals surface area contributed by atoms with E-state index in [2.05, 4.69) is 400 Å². The second-order valence-corrected chi connectivity index (χ2v) is 33.7. The van der Waals surface area contributed by atoms with E-state index in [9.17, 15) is 0 Å². The highest BCUT2D eigenvalue weighted by Gasteiger charge is 2.26. The van der Waals surface area contributed by atoms with E-state index in [0.717, 1.165) is 94.4 Å². The van der Waals surface area contributed by atoms with Gasteiger partial charge in [0.1, 0.15) is 0 Å². The summed E-state index contributed by atoms with van der Waals surface area (Å²) in [4.78, 5) is 25.8. The third-order valence-corrected chi connectivity index (χ3v) is 26.5. The minimum absolute atomic E-state index is 0.581. The lowest BCUT2D eigenvalue weighted by molar-refractivity contribution is 0.953. The lowest BCUT2D eigenvalue weighted by Crippen LogP contribution is -2.06. The third-order valence-electron chi connectivity index (χ3n) is 26.5. The summed E-state index contributed by atoms with van der Waals surface area (Å²) >= 11 is 0. The molecule has 130 heavy (non-hydrogen) atoms. The lowest BCUT2D eigenvalue weighted by atomic mass is 9.92. The zero-order chi connectivity index (χ0) is 85.4. The van der Waals surface area contributed by atoms with Gasteiger partial charge in [-0.25, -0.2) is 15.0 Å². The maximum absolute atomic E-state index is 5.29. The van der Waals surface area contributed by atoms with Crippen molar-refractivity contribution in [1.29, 1.82) is 0 Å². The molecule has 0 N–H and O–H groups in total. The van der Waals surface area contributed by atoms with Crippen LogP contribution in [0.1, 0.15) is 0 Å². The van der Waals surface area contributed by atoms with E-state index in [1.54, 1.807) is 0 Å². The molecule has 0 aliphatic rings. The number of benzene rings is 21. The van der Waals surface area contributed by atoms with Crippen molar-refractivity contribution in [2.24, 2.45) is 0 Å². The Morgan fingerprint density at radius 1 is 0.138 bits per heavy atom. The Morgan fingerprint density at radius 3 is 0.900 bits per heavy atom. The van der Waals surface area contributed by atoms with Gasteiger partial charge in [0.25, 0.3) is 0 Å². The molecule has 6 heterocycles. The highest BCUT2D eigenvalue weighted by Crippen LogP contribution is 2.47. The number of rotatable bonds is 11. The minimum Gasteiger partial charge on any atom is -0.309 e. The Morgan fingerprint density at radius 2 is 0.431 bits per heavy atom. The Labute approximate surface area is 746 Å². The van der Waals surface area contributed by atoms with Crippen molar-refractivity contribution in [2.45, 2.75) is 0 Å². The third kappa shape index (κ3) is 12.0. The van der Waals surface area contributed by atoms with Gasteiger partial charge in [-0.15, -0.1) is 0 Å². The maximum atomic E-state index is 5.29. The van der Waals surface area contributed by atoms with E-state index < -0.39 is 0 Å². The van der Waals surface area contributed by atoms with E-state index in [0.29, 0.717) is 23.5 Å². The molecule has 6 aromatic heterocycles. The topological polar surface area (TPSA) is 84.2 Å². The maximum Gasteiger partial charge on any atom is 0.238 e. The minimum atomic E-state index is 0.581. The van der Waals surface area contributed by atoms with Crippen molar-refractivity contribution in [1.82, 2.24) is 43.2 Å². The van der Waals surface area contributed by atoms with Crippen LogP contribution in [0.15, 0.2) is 455 Å². The molecule has 27 aromatic rings. The summed E-state index contributed by atoms with van der Waals surface area (Å²) in [5.41, 5.74) is 23.9. The monoisotopic (exact) mass is 1650 g/mol. The van der Waals surface area contributed by atoms with Crippen molar-refractivity contribution < 1.29 is 0 Å². The van der Waals surface area contributed by atoms with Gasteiger partial charge in [0.2, 0.25) is 11.9 Å². The molecule has 21 aromatic carbocycles. The first-order valence-corrected chi connectivity index (χ1v) is 44.3. The van der Waals surface area contributed by atoms with Crippen molar-refractivity contribution in [3.63, 3.8) is 0 Å². The molecule has 27 rings (SSSR count). The van der Waals surface area contributed by atoms with Gasteiger partial charge in [-0.1, -0.05) is 358 Å². The van der Waals surface area contributed by atoms with Crippen LogP contribution in [0.3, 0.4) is 0 Å².